The van der Waals surface area contributed by atoms with Crippen LogP contribution in [0.1, 0.15) is 31.1 Å². The van der Waals surface area contributed by atoms with Crippen molar-refractivity contribution in [1.29, 1.82) is 0 Å². The van der Waals surface area contributed by atoms with E-state index in [1.54, 1.807) is 6.92 Å². The zero-order valence-corrected chi connectivity index (χ0v) is 12.8. The molecule has 1 atom stereocenters. The number of hydrogen-bond donors (Lipinski definition) is 0. The lowest BCUT2D eigenvalue weighted by molar-refractivity contribution is 0.0438. The molecule has 0 aliphatic carbocycles. The summed E-state index contributed by atoms with van der Waals surface area (Å²) in [5.41, 5.74) is 0.305. The Labute approximate surface area is 125 Å². The predicted octanol–water partition coefficient (Wildman–Crippen LogP) is 2.63. The van der Waals surface area contributed by atoms with Crippen LogP contribution in [0.25, 0.3) is 0 Å². The highest BCUT2D eigenvalue weighted by Gasteiger charge is 2.13. The van der Waals surface area contributed by atoms with E-state index in [-0.39, 0.29) is 5.02 Å². The van der Waals surface area contributed by atoms with Gasteiger partial charge in [0, 0.05) is 12.4 Å². The van der Waals surface area contributed by atoms with Gasteiger partial charge in [0.1, 0.15) is 0 Å². The van der Waals surface area contributed by atoms with E-state index in [1.165, 1.54) is 18.5 Å². The average Bonchev–Trinajstić information content (AvgIpc) is 2.44. The van der Waals surface area contributed by atoms with E-state index in [2.05, 4.69) is 35.6 Å². The van der Waals surface area contributed by atoms with Crippen LogP contribution in [0.5, 0.6) is 0 Å². The Morgan fingerprint density at radius 3 is 2.80 bits per heavy atom. The zero-order chi connectivity index (χ0) is 15.0. The Morgan fingerprint density at radius 1 is 1.50 bits per heavy atom. The second-order valence-electron chi connectivity index (χ2n) is 4.19. The van der Waals surface area contributed by atoms with Crippen LogP contribution in [-0.4, -0.2) is 41.6 Å². The van der Waals surface area contributed by atoms with Gasteiger partial charge in [-0.25, -0.2) is 4.79 Å². The Balaban J connectivity index is 2.55. The summed E-state index contributed by atoms with van der Waals surface area (Å²) >= 11 is 5.88. The summed E-state index contributed by atoms with van der Waals surface area (Å²) in [5, 5.41) is 0.279. The number of carbonyl (C=O) groups excluding carboxylic acids is 1. The Morgan fingerprint density at radius 2 is 2.20 bits per heavy atom. The molecule has 0 radical (unpaired) electrons. The number of hydrogen-bond acceptors (Lipinski definition) is 4. The van der Waals surface area contributed by atoms with E-state index in [0.29, 0.717) is 12.1 Å². The van der Waals surface area contributed by atoms with E-state index in [9.17, 15) is 4.79 Å². The Bertz CT molecular complexity index is 504. The number of ether oxygens (including phenoxy) is 1. The maximum absolute atomic E-state index is 11.9. The molecule has 1 aromatic rings. The molecule has 1 aromatic heterocycles. The summed E-state index contributed by atoms with van der Waals surface area (Å²) in [4.78, 5) is 17.9. The monoisotopic (exact) mass is 294 g/mol. The lowest BCUT2D eigenvalue weighted by Crippen LogP contribution is -2.23. The molecule has 1 rings (SSSR count). The van der Waals surface area contributed by atoms with Gasteiger partial charge in [-0.05, 0) is 26.1 Å². The minimum Gasteiger partial charge on any atom is -0.446 e. The van der Waals surface area contributed by atoms with Gasteiger partial charge in [-0.1, -0.05) is 37.3 Å². The van der Waals surface area contributed by atoms with Gasteiger partial charge < -0.3 is 4.74 Å². The van der Waals surface area contributed by atoms with Crippen LogP contribution >= 0.6 is 11.6 Å². The predicted molar refractivity (Wildman–Crippen MR) is 79.7 cm³/mol. The first-order chi connectivity index (χ1) is 9.58. The highest BCUT2D eigenvalue weighted by molar-refractivity contribution is 6.33. The Hall–Kier alpha value is -1.57. The maximum atomic E-state index is 11.9. The van der Waals surface area contributed by atoms with Gasteiger partial charge in [-0.3, -0.25) is 9.88 Å². The normalized spacial score (nSPS) is 11.7. The van der Waals surface area contributed by atoms with Gasteiger partial charge in [0.05, 0.1) is 17.1 Å². The first kappa shape index (κ1) is 16.5. The summed E-state index contributed by atoms with van der Waals surface area (Å²) in [6.07, 6.45) is 2.44. The molecule has 5 heteroatoms. The van der Waals surface area contributed by atoms with Crippen LogP contribution < -0.4 is 0 Å². The fourth-order valence-electron chi connectivity index (χ4n) is 1.54. The molecule has 0 aliphatic rings. The van der Waals surface area contributed by atoms with Crippen LogP contribution in [0.2, 0.25) is 5.02 Å². The van der Waals surface area contributed by atoms with Gasteiger partial charge in [-0.2, -0.15) is 0 Å². The van der Waals surface area contributed by atoms with Crippen molar-refractivity contribution in [3.05, 3.63) is 29.0 Å². The molecule has 108 valence electrons. The molecule has 0 amide bonds. The second kappa shape index (κ2) is 8.57. The number of carbonyl (C=O) groups is 1. The van der Waals surface area contributed by atoms with Gasteiger partial charge >= 0.3 is 5.97 Å². The van der Waals surface area contributed by atoms with Gasteiger partial charge in [0.25, 0.3) is 0 Å². The molecule has 0 saturated heterocycles. The van der Waals surface area contributed by atoms with Gasteiger partial charge in [-0.15, -0.1) is 0 Å². The van der Waals surface area contributed by atoms with Crippen molar-refractivity contribution in [2.24, 2.45) is 0 Å². The standard InChI is InChI=1S/C15H19ClN2O2/c1-4-18(5-2)10-6-7-12(3)20-15(19)13-8-9-17-11-14(13)16/h8-9,11-12H,4-5,10H2,1-3H3. The SMILES string of the molecule is CCN(CC)CC#CC(C)OC(=O)c1ccncc1Cl. The number of pyridine rings is 1. The van der Waals surface area contributed by atoms with Crippen molar-refractivity contribution in [3.63, 3.8) is 0 Å². The minimum absolute atomic E-state index is 0.279. The molecule has 0 saturated carbocycles. The summed E-state index contributed by atoms with van der Waals surface area (Å²) in [6.45, 7) is 8.48. The molecule has 0 N–H and O–H groups in total. The molecule has 0 aliphatic heterocycles. The molecular formula is C15H19ClN2O2. The number of nitrogens with zero attached hydrogens (tertiary/aromatic N) is 2. The van der Waals surface area contributed by atoms with E-state index in [0.717, 1.165) is 13.1 Å². The highest BCUT2D eigenvalue weighted by Crippen LogP contribution is 2.15. The van der Waals surface area contributed by atoms with Crippen LogP contribution in [0.3, 0.4) is 0 Å². The molecule has 0 spiro atoms. The molecule has 20 heavy (non-hydrogen) atoms. The molecular weight excluding hydrogens is 276 g/mol. The van der Waals surface area contributed by atoms with Crippen LogP contribution in [0.4, 0.5) is 0 Å². The van der Waals surface area contributed by atoms with E-state index in [4.69, 9.17) is 16.3 Å². The van der Waals surface area contributed by atoms with Gasteiger partial charge in [0.2, 0.25) is 0 Å². The summed E-state index contributed by atoms with van der Waals surface area (Å²) in [5.74, 6) is 5.44. The molecule has 1 heterocycles. The van der Waals surface area contributed by atoms with Crippen molar-refractivity contribution in [1.82, 2.24) is 9.88 Å². The number of aromatic nitrogens is 1. The number of esters is 1. The third-order valence-corrected chi connectivity index (χ3v) is 3.08. The fraction of sp³-hybridized carbons (Fsp3) is 0.467. The van der Waals surface area contributed by atoms with Crippen LogP contribution in [0, 0.1) is 11.8 Å². The quantitative estimate of drug-likeness (QED) is 0.618. The lowest BCUT2D eigenvalue weighted by Gasteiger charge is -2.13. The summed E-state index contributed by atoms with van der Waals surface area (Å²) in [6, 6.07) is 1.53. The largest absolute Gasteiger partial charge is 0.446 e. The maximum Gasteiger partial charge on any atom is 0.340 e. The minimum atomic E-state index is -0.484. The third kappa shape index (κ3) is 5.20. The molecule has 0 fully saturated rings. The zero-order valence-electron chi connectivity index (χ0n) is 12.0. The third-order valence-electron chi connectivity index (χ3n) is 2.78. The summed E-state index contributed by atoms with van der Waals surface area (Å²) in [7, 11) is 0. The molecule has 0 bridgehead atoms. The van der Waals surface area contributed by atoms with E-state index in [1.807, 2.05) is 0 Å². The fourth-order valence-corrected chi connectivity index (χ4v) is 1.74. The number of rotatable bonds is 5. The first-order valence-corrected chi connectivity index (χ1v) is 6.97. The lowest BCUT2D eigenvalue weighted by atomic mass is 10.2. The first-order valence-electron chi connectivity index (χ1n) is 6.59. The topological polar surface area (TPSA) is 42.4 Å². The van der Waals surface area contributed by atoms with Crippen molar-refractivity contribution < 1.29 is 9.53 Å². The van der Waals surface area contributed by atoms with Crippen molar-refractivity contribution in [2.45, 2.75) is 26.9 Å². The smallest absolute Gasteiger partial charge is 0.340 e. The molecule has 1 unspecified atom stereocenters. The van der Waals surface area contributed by atoms with Crippen LogP contribution in [-0.2, 0) is 4.74 Å². The molecule has 0 aromatic carbocycles. The highest BCUT2D eigenvalue weighted by atomic mass is 35.5. The van der Waals surface area contributed by atoms with Crippen molar-refractivity contribution in [3.8, 4) is 11.8 Å². The molecule has 4 nitrogen and oxygen atoms in total. The second-order valence-corrected chi connectivity index (χ2v) is 4.59. The van der Waals surface area contributed by atoms with Crippen molar-refractivity contribution >= 4 is 17.6 Å². The van der Waals surface area contributed by atoms with Crippen molar-refractivity contribution in [2.75, 3.05) is 19.6 Å². The van der Waals surface area contributed by atoms with Gasteiger partial charge in [0.15, 0.2) is 6.10 Å². The Kier molecular flexibility index (Phi) is 7.06. The van der Waals surface area contributed by atoms with E-state index >= 15 is 0 Å². The van der Waals surface area contributed by atoms with E-state index < -0.39 is 12.1 Å². The summed E-state index contributed by atoms with van der Waals surface area (Å²) < 4.78 is 5.22. The average molecular weight is 295 g/mol. The number of halogens is 1. The van der Waals surface area contributed by atoms with Crippen LogP contribution in [0.15, 0.2) is 18.5 Å².